The molecule has 13 heteroatoms. The molecule has 9 atom stereocenters. The Morgan fingerprint density at radius 2 is 1.84 bits per heavy atom. The molecule has 0 aromatic heterocycles. The first kappa shape index (κ1) is 28.0. The largest absolute Gasteiger partial charge is 0.394 e. The van der Waals surface area contributed by atoms with Crippen LogP contribution in [0.1, 0.15) is 27.2 Å². The van der Waals surface area contributed by atoms with Crippen molar-refractivity contribution in [3.05, 3.63) is 0 Å². The number of nitrogens with two attached hydrogens (primary N) is 3. The summed E-state index contributed by atoms with van der Waals surface area (Å²) in [6, 6.07) is -3.58. The van der Waals surface area contributed by atoms with E-state index in [4.69, 9.17) is 26.7 Å². The van der Waals surface area contributed by atoms with Gasteiger partial charge in [0.1, 0.15) is 30.1 Å². The minimum atomic E-state index is -1.52. The Morgan fingerprint density at radius 3 is 2.28 bits per heavy atom. The molecule has 1 saturated heterocycles. The molecule has 183 valence electrons. The molecule has 0 saturated carbocycles. The summed E-state index contributed by atoms with van der Waals surface area (Å²) >= 11 is 0. The monoisotopic (exact) mass is 461 g/mol. The van der Waals surface area contributed by atoms with Crippen LogP contribution >= 0.6 is 0 Å². The standard InChI is InChI=1S/C19H33N4O9/c1-8(31-16-14(21)19(30)32-13(7-25)15(16)27)5-23(18(29)9(2)20)12(17(22)28)4-11(6-24)10(3)26/h8-9,11-16,19,25,27,30H,4-5,7,20-21H2,1-3H3,(H2,22,28)/t8?,9-,11?,12+,13+,14+,15+,16+,19-/m0/s1. The highest BCUT2D eigenvalue weighted by atomic mass is 16.6. The van der Waals surface area contributed by atoms with E-state index in [1.807, 2.05) is 0 Å². The lowest BCUT2D eigenvalue weighted by Crippen LogP contribution is -2.64. The van der Waals surface area contributed by atoms with E-state index in [9.17, 15) is 34.5 Å². The lowest BCUT2D eigenvalue weighted by atomic mass is 9.95. The minimum Gasteiger partial charge on any atom is -0.394 e. The summed E-state index contributed by atoms with van der Waals surface area (Å²) in [6.07, 6.45) is -4.98. The maximum atomic E-state index is 12.7. The number of Topliss-reactive ketones (excluding diaryl/α,β-unsaturated/α-hetero) is 1. The number of aliphatic hydroxyl groups is 3. The number of hydrogen-bond acceptors (Lipinski definition) is 11. The number of ether oxygens (including phenoxy) is 2. The Bertz CT molecular complexity index is 677. The third-order valence-corrected chi connectivity index (χ3v) is 5.23. The second-order valence-corrected chi connectivity index (χ2v) is 7.94. The summed E-state index contributed by atoms with van der Waals surface area (Å²) in [5, 5.41) is 29.6. The minimum absolute atomic E-state index is 0.270. The normalized spacial score (nSPS) is 29.4. The van der Waals surface area contributed by atoms with E-state index in [2.05, 4.69) is 0 Å². The van der Waals surface area contributed by atoms with Gasteiger partial charge in [-0.2, -0.15) is 0 Å². The second-order valence-electron chi connectivity index (χ2n) is 7.94. The van der Waals surface area contributed by atoms with Crippen LogP contribution in [0.3, 0.4) is 0 Å². The topological polar surface area (TPSA) is 229 Å². The fraction of sp³-hybridized carbons (Fsp3) is 0.789. The third-order valence-electron chi connectivity index (χ3n) is 5.23. The molecule has 1 aliphatic heterocycles. The van der Waals surface area contributed by atoms with Crippen molar-refractivity contribution in [3.8, 4) is 0 Å². The van der Waals surface area contributed by atoms with Gasteiger partial charge in [0.25, 0.3) is 0 Å². The van der Waals surface area contributed by atoms with Gasteiger partial charge in [-0.05, 0) is 27.2 Å². The number of ketones is 1. The van der Waals surface area contributed by atoms with Crippen molar-refractivity contribution >= 4 is 23.9 Å². The summed E-state index contributed by atoms with van der Waals surface area (Å²) in [7, 11) is 0. The van der Waals surface area contributed by atoms with E-state index in [1.165, 1.54) is 20.1 Å². The molecule has 9 N–H and O–H groups in total. The van der Waals surface area contributed by atoms with Crippen molar-refractivity contribution in [2.75, 3.05) is 13.2 Å². The number of aliphatic hydroxyl groups excluding tert-OH is 3. The molecule has 13 nitrogen and oxygen atoms in total. The van der Waals surface area contributed by atoms with Gasteiger partial charge < -0.3 is 46.9 Å². The molecule has 1 heterocycles. The highest BCUT2D eigenvalue weighted by Gasteiger charge is 2.44. The molecule has 0 spiro atoms. The van der Waals surface area contributed by atoms with Crippen molar-refractivity contribution in [3.63, 3.8) is 0 Å². The van der Waals surface area contributed by atoms with Crippen LogP contribution in [0.15, 0.2) is 0 Å². The van der Waals surface area contributed by atoms with Crippen LogP contribution in [0, 0.1) is 5.92 Å². The Morgan fingerprint density at radius 1 is 1.25 bits per heavy atom. The average Bonchev–Trinajstić information content (AvgIpc) is 2.72. The van der Waals surface area contributed by atoms with E-state index in [0.717, 1.165) is 11.8 Å². The van der Waals surface area contributed by atoms with Crippen molar-refractivity contribution in [2.24, 2.45) is 23.1 Å². The maximum Gasteiger partial charge on any atom is 0.240 e. The lowest BCUT2D eigenvalue weighted by Gasteiger charge is -2.42. The van der Waals surface area contributed by atoms with Gasteiger partial charge in [0.15, 0.2) is 6.29 Å². The fourth-order valence-corrected chi connectivity index (χ4v) is 3.41. The second kappa shape index (κ2) is 12.3. The van der Waals surface area contributed by atoms with Crippen LogP contribution in [0.4, 0.5) is 0 Å². The number of hydrogen-bond donors (Lipinski definition) is 6. The van der Waals surface area contributed by atoms with Gasteiger partial charge >= 0.3 is 0 Å². The van der Waals surface area contributed by atoms with E-state index >= 15 is 0 Å². The van der Waals surface area contributed by atoms with Crippen LogP contribution in [0.5, 0.6) is 0 Å². The first-order valence-corrected chi connectivity index (χ1v) is 10.1. The molecule has 0 aromatic carbocycles. The Kier molecular flexibility index (Phi) is 10.8. The maximum absolute atomic E-state index is 12.7. The van der Waals surface area contributed by atoms with Gasteiger partial charge in [-0.15, -0.1) is 0 Å². The van der Waals surface area contributed by atoms with Crippen molar-refractivity contribution in [1.29, 1.82) is 0 Å². The predicted octanol–water partition coefficient (Wildman–Crippen LogP) is -4.11. The Labute approximate surface area is 185 Å². The number of amides is 2. The highest BCUT2D eigenvalue weighted by Crippen LogP contribution is 2.23. The smallest absolute Gasteiger partial charge is 0.240 e. The van der Waals surface area contributed by atoms with Gasteiger partial charge in [0, 0.05) is 6.54 Å². The van der Waals surface area contributed by atoms with Gasteiger partial charge in [-0.3, -0.25) is 19.2 Å². The van der Waals surface area contributed by atoms with Crippen LogP contribution < -0.4 is 17.2 Å². The Balaban J connectivity index is 3.11. The zero-order chi connectivity index (χ0) is 24.7. The van der Waals surface area contributed by atoms with Crippen LogP contribution in [0.25, 0.3) is 0 Å². The molecular weight excluding hydrogens is 428 g/mol. The highest BCUT2D eigenvalue weighted by molar-refractivity contribution is 5.94. The van der Waals surface area contributed by atoms with Gasteiger partial charge in [-0.1, -0.05) is 0 Å². The van der Waals surface area contributed by atoms with Gasteiger partial charge in [0.05, 0.1) is 30.7 Å². The molecule has 2 amide bonds. The third kappa shape index (κ3) is 7.00. The number of nitrogens with zero attached hydrogens (tertiary/aromatic N) is 1. The SMILES string of the molecule is CC(=O)C([C]=O)C[C@H](C(N)=O)N(CC(C)O[C@@H]1[C@@H](N)[C@@H](O)O[C@H](CO)[C@H]1O)C(=O)[C@H](C)N. The molecule has 1 radical (unpaired) electrons. The first-order valence-electron chi connectivity index (χ1n) is 10.1. The predicted molar refractivity (Wildman–Crippen MR) is 109 cm³/mol. The van der Waals surface area contributed by atoms with Crippen LogP contribution in [-0.2, 0) is 28.7 Å². The quantitative estimate of drug-likeness (QED) is 0.153. The van der Waals surface area contributed by atoms with Crippen molar-refractivity contribution < 1.29 is 44.0 Å². The van der Waals surface area contributed by atoms with Crippen molar-refractivity contribution in [2.45, 2.75) is 76.0 Å². The zero-order valence-electron chi connectivity index (χ0n) is 18.3. The first-order chi connectivity index (χ1) is 14.8. The molecule has 1 aliphatic rings. The average molecular weight is 461 g/mol. The number of rotatable bonds is 12. The van der Waals surface area contributed by atoms with E-state index in [0.29, 0.717) is 0 Å². The molecule has 32 heavy (non-hydrogen) atoms. The molecule has 0 aliphatic carbocycles. The molecule has 1 fully saturated rings. The fourth-order valence-electron chi connectivity index (χ4n) is 3.41. The van der Waals surface area contributed by atoms with Crippen LogP contribution in [0.2, 0.25) is 0 Å². The van der Waals surface area contributed by atoms with E-state index in [-0.39, 0.29) is 13.0 Å². The zero-order valence-corrected chi connectivity index (χ0v) is 18.3. The summed E-state index contributed by atoms with van der Waals surface area (Å²) in [6.45, 7) is 3.16. The van der Waals surface area contributed by atoms with E-state index in [1.54, 1.807) is 0 Å². The van der Waals surface area contributed by atoms with Crippen molar-refractivity contribution in [1.82, 2.24) is 4.90 Å². The van der Waals surface area contributed by atoms with Gasteiger partial charge in [0.2, 0.25) is 18.1 Å². The Hall–Kier alpha value is -2.00. The summed E-state index contributed by atoms with van der Waals surface area (Å²) in [5.41, 5.74) is 17.0. The number of carbonyl (C=O) groups is 3. The molecular formula is C19H33N4O9. The summed E-state index contributed by atoms with van der Waals surface area (Å²) < 4.78 is 10.7. The summed E-state index contributed by atoms with van der Waals surface area (Å²) in [5.74, 6) is -3.49. The lowest BCUT2D eigenvalue weighted by molar-refractivity contribution is -0.263. The number of primary amides is 1. The number of carbonyl (C=O) groups excluding carboxylic acids is 4. The van der Waals surface area contributed by atoms with Gasteiger partial charge in [-0.25, -0.2) is 0 Å². The summed E-state index contributed by atoms with van der Waals surface area (Å²) in [4.78, 5) is 48.6. The molecule has 1 rings (SSSR count). The molecule has 2 unspecified atom stereocenters. The molecule has 0 aromatic rings. The molecule has 0 bridgehead atoms. The van der Waals surface area contributed by atoms with Crippen LogP contribution in [-0.4, -0.2) is 106 Å². The van der Waals surface area contributed by atoms with E-state index < -0.39 is 79.0 Å².